The van der Waals surface area contributed by atoms with E-state index in [1.165, 1.54) is 5.56 Å². The van der Waals surface area contributed by atoms with E-state index in [1.54, 1.807) is 27.8 Å². The predicted octanol–water partition coefficient (Wildman–Crippen LogP) is 3.94. The molecule has 1 aromatic heterocycles. The van der Waals surface area contributed by atoms with Crippen LogP contribution in [0.1, 0.15) is 11.1 Å². The fraction of sp³-hybridized carbons (Fsp3) is 0.286. The Kier molecular flexibility index (Phi) is 5.23. The highest BCUT2D eigenvalue weighted by atomic mass is 32.2. The molecule has 1 aliphatic heterocycles. The van der Waals surface area contributed by atoms with Gasteiger partial charge in [0, 0.05) is 37.1 Å². The van der Waals surface area contributed by atoms with Crippen LogP contribution in [-0.4, -0.2) is 43.9 Å². The number of thiazole rings is 1. The maximum absolute atomic E-state index is 12.9. The van der Waals surface area contributed by atoms with Crippen molar-refractivity contribution in [3.05, 3.63) is 65.0 Å². The Morgan fingerprint density at radius 3 is 2.32 bits per heavy atom. The standard InChI is InChI=1S/C21H23N3O2S2/c1-16-6-8-19(9-7-16)28(25,26)24-12-10-23(11-13-24)21-22-20(15-27-21)18-5-3-4-17(2)14-18/h3-9,14-15H,10-13H2,1-2H3. The maximum Gasteiger partial charge on any atom is 0.243 e. The average molecular weight is 414 g/mol. The summed E-state index contributed by atoms with van der Waals surface area (Å²) in [6, 6.07) is 15.4. The number of sulfonamides is 1. The van der Waals surface area contributed by atoms with Gasteiger partial charge in [-0.2, -0.15) is 4.31 Å². The second kappa shape index (κ2) is 7.66. The molecule has 0 N–H and O–H groups in total. The molecular weight excluding hydrogens is 390 g/mol. The number of hydrogen-bond acceptors (Lipinski definition) is 5. The first kappa shape index (κ1) is 19.1. The van der Waals surface area contributed by atoms with Crippen LogP contribution >= 0.6 is 11.3 Å². The van der Waals surface area contributed by atoms with Crippen LogP contribution in [0.25, 0.3) is 11.3 Å². The van der Waals surface area contributed by atoms with E-state index in [-0.39, 0.29) is 0 Å². The summed E-state index contributed by atoms with van der Waals surface area (Å²) in [4.78, 5) is 7.31. The van der Waals surface area contributed by atoms with E-state index in [0.29, 0.717) is 31.1 Å². The number of piperazine rings is 1. The summed E-state index contributed by atoms with van der Waals surface area (Å²) in [5.41, 5.74) is 4.35. The number of aryl methyl sites for hydroxylation is 2. The molecule has 1 saturated heterocycles. The smallest absolute Gasteiger partial charge is 0.243 e. The van der Waals surface area contributed by atoms with Gasteiger partial charge in [0.2, 0.25) is 10.0 Å². The molecule has 0 aliphatic carbocycles. The Morgan fingerprint density at radius 2 is 1.64 bits per heavy atom. The van der Waals surface area contributed by atoms with Gasteiger partial charge in [-0.1, -0.05) is 41.5 Å². The lowest BCUT2D eigenvalue weighted by Gasteiger charge is -2.33. The molecule has 0 bridgehead atoms. The van der Waals surface area contributed by atoms with Crippen LogP contribution in [0.2, 0.25) is 0 Å². The lowest BCUT2D eigenvalue weighted by Crippen LogP contribution is -2.48. The molecule has 0 saturated carbocycles. The highest BCUT2D eigenvalue weighted by molar-refractivity contribution is 7.89. The molecule has 0 radical (unpaired) electrons. The third-order valence-corrected chi connectivity index (χ3v) is 7.79. The summed E-state index contributed by atoms with van der Waals surface area (Å²) >= 11 is 1.61. The molecule has 5 nitrogen and oxygen atoms in total. The number of anilines is 1. The molecule has 28 heavy (non-hydrogen) atoms. The molecular formula is C21H23N3O2S2. The van der Waals surface area contributed by atoms with Gasteiger partial charge in [0.05, 0.1) is 10.6 Å². The minimum Gasteiger partial charge on any atom is -0.345 e. The Hall–Kier alpha value is -2.22. The molecule has 2 aromatic carbocycles. The second-order valence-corrected chi connectivity index (χ2v) is 9.86. The molecule has 0 amide bonds. The predicted molar refractivity (Wildman–Crippen MR) is 114 cm³/mol. The lowest BCUT2D eigenvalue weighted by atomic mass is 10.1. The highest BCUT2D eigenvalue weighted by Crippen LogP contribution is 2.29. The van der Waals surface area contributed by atoms with Gasteiger partial charge < -0.3 is 4.90 Å². The Balaban J connectivity index is 1.45. The van der Waals surface area contributed by atoms with Gasteiger partial charge in [-0.05, 0) is 32.0 Å². The van der Waals surface area contributed by atoms with Crippen LogP contribution in [0.15, 0.2) is 58.8 Å². The van der Waals surface area contributed by atoms with Crippen molar-refractivity contribution in [2.45, 2.75) is 18.7 Å². The molecule has 0 unspecified atom stereocenters. The molecule has 2 heterocycles. The average Bonchev–Trinajstić information content (AvgIpc) is 3.19. The summed E-state index contributed by atoms with van der Waals surface area (Å²) < 4.78 is 27.3. The third kappa shape index (κ3) is 3.83. The lowest BCUT2D eigenvalue weighted by molar-refractivity contribution is 0.385. The van der Waals surface area contributed by atoms with E-state index in [1.807, 2.05) is 25.1 Å². The highest BCUT2D eigenvalue weighted by Gasteiger charge is 2.29. The second-order valence-electron chi connectivity index (χ2n) is 7.09. The zero-order chi connectivity index (χ0) is 19.7. The third-order valence-electron chi connectivity index (χ3n) is 4.97. The first-order valence-electron chi connectivity index (χ1n) is 9.28. The van der Waals surface area contributed by atoms with Crippen LogP contribution in [0, 0.1) is 13.8 Å². The largest absolute Gasteiger partial charge is 0.345 e. The topological polar surface area (TPSA) is 53.5 Å². The number of benzene rings is 2. The minimum absolute atomic E-state index is 0.363. The number of rotatable bonds is 4. The van der Waals surface area contributed by atoms with E-state index in [0.717, 1.165) is 22.0 Å². The monoisotopic (exact) mass is 413 g/mol. The van der Waals surface area contributed by atoms with E-state index in [2.05, 4.69) is 35.4 Å². The zero-order valence-corrected chi connectivity index (χ0v) is 17.6. The minimum atomic E-state index is -3.44. The molecule has 3 aromatic rings. The van der Waals surface area contributed by atoms with E-state index in [9.17, 15) is 8.42 Å². The maximum atomic E-state index is 12.9. The van der Waals surface area contributed by atoms with Crippen LogP contribution < -0.4 is 4.90 Å². The molecule has 4 rings (SSSR count). The Morgan fingerprint density at radius 1 is 0.929 bits per heavy atom. The Bertz CT molecular complexity index is 1070. The fourth-order valence-electron chi connectivity index (χ4n) is 3.33. The van der Waals surface area contributed by atoms with Crippen molar-refractivity contribution in [1.82, 2.24) is 9.29 Å². The summed E-state index contributed by atoms with van der Waals surface area (Å²) in [5, 5.41) is 3.02. The van der Waals surface area contributed by atoms with Crippen LogP contribution in [-0.2, 0) is 10.0 Å². The molecule has 7 heteroatoms. The van der Waals surface area contributed by atoms with Crippen molar-refractivity contribution in [2.24, 2.45) is 0 Å². The van der Waals surface area contributed by atoms with E-state index < -0.39 is 10.0 Å². The molecule has 1 fully saturated rings. The van der Waals surface area contributed by atoms with Gasteiger partial charge in [0.1, 0.15) is 0 Å². The van der Waals surface area contributed by atoms with Crippen molar-refractivity contribution in [3.8, 4) is 11.3 Å². The molecule has 146 valence electrons. The van der Waals surface area contributed by atoms with Crippen LogP contribution in [0.4, 0.5) is 5.13 Å². The van der Waals surface area contributed by atoms with Crippen LogP contribution in [0.5, 0.6) is 0 Å². The number of hydrogen-bond donors (Lipinski definition) is 0. The first-order valence-corrected chi connectivity index (χ1v) is 11.6. The van der Waals surface area contributed by atoms with Gasteiger partial charge in [-0.15, -0.1) is 11.3 Å². The zero-order valence-electron chi connectivity index (χ0n) is 16.0. The quantitative estimate of drug-likeness (QED) is 0.650. The Labute approximate surface area is 170 Å². The summed E-state index contributed by atoms with van der Waals surface area (Å²) in [6.07, 6.45) is 0. The van der Waals surface area contributed by atoms with Gasteiger partial charge in [-0.25, -0.2) is 13.4 Å². The van der Waals surface area contributed by atoms with Crippen molar-refractivity contribution in [1.29, 1.82) is 0 Å². The molecule has 0 spiro atoms. The van der Waals surface area contributed by atoms with E-state index in [4.69, 9.17) is 4.98 Å². The van der Waals surface area contributed by atoms with Crippen molar-refractivity contribution >= 4 is 26.5 Å². The summed E-state index contributed by atoms with van der Waals surface area (Å²) in [6.45, 7) is 6.25. The van der Waals surface area contributed by atoms with E-state index >= 15 is 0 Å². The summed E-state index contributed by atoms with van der Waals surface area (Å²) in [5.74, 6) is 0. The normalized spacial score (nSPS) is 15.7. The van der Waals surface area contributed by atoms with Gasteiger partial charge in [0.25, 0.3) is 0 Å². The summed E-state index contributed by atoms with van der Waals surface area (Å²) in [7, 11) is -3.44. The molecule has 1 aliphatic rings. The molecule has 0 atom stereocenters. The number of nitrogens with zero attached hydrogens (tertiary/aromatic N) is 3. The van der Waals surface area contributed by atoms with Crippen molar-refractivity contribution < 1.29 is 8.42 Å². The van der Waals surface area contributed by atoms with Crippen molar-refractivity contribution in [3.63, 3.8) is 0 Å². The van der Waals surface area contributed by atoms with Gasteiger partial charge in [-0.3, -0.25) is 0 Å². The fourth-order valence-corrected chi connectivity index (χ4v) is 5.64. The van der Waals surface area contributed by atoms with Crippen LogP contribution in [0.3, 0.4) is 0 Å². The van der Waals surface area contributed by atoms with Gasteiger partial charge >= 0.3 is 0 Å². The first-order chi connectivity index (χ1) is 13.4. The SMILES string of the molecule is Cc1ccc(S(=O)(=O)N2CCN(c3nc(-c4cccc(C)c4)cs3)CC2)cc1. The number of aromatic nitrogens is 1. The van der Waals surface area contributed by atoms with Gasteiger partial charge in [0.15, 0.2) is 5.13 Å². The van der Waals surface area contributed by atoms with Crippen molar-refractivity contribution in [2.75, 3.05) is 31.1 Å².